The van der Waals surface area contributed by atoms with Gasteiger partial charge in [0.15, 0.2) is 9.58 Å². The number of hydrogen-bond donors (Lipinski definition) is 1. The Morgan fingerprint density at radius 1 is 0.879 bits per heavy atom. The number of carbonyl (C=O) groups is 2. The van der Waals surface area contributed by atoms with E-state index in [9.17, 15) is 14.7 Å². The Balaban J connectivity index is 2.40. The van der Waals surface area contributed by atoms with E-state index in [2.05, 4.69) is 43.4 Å². The third-order valence-corrected chi connectivity index (χ3v) is 5.50. The van der Waals surface area contributed by atoms with Gasteiger partial charge in [0.25, 0.3) is 0 Å². The summed E-state index contributed by atoms with van der Waals surface area (Å²) in [4.78, 5) is 24.4. The monoisotopic (exact) mass is 512 g/mol. The molecule has 3 nitrogen and oxygen atoms in total. The highest BCUT2D eigenvalue weighted by Gasteiger charge is 2.26. The molecule has 0 saturated carbocycles. The van der Waals surface area contributed by atoms with Gasteiger partial charge in [0.2, 0.25) is 0 Å². The quantitative estimate of drug-likeness (QED) is 0.104. The number of carboxylic acids is 1. The van der Waals surface area contributed by atoms with E-state index in [0.29, 0.717) is 12.0 Å². The third-order valence-electron chi connectivity index (χ3n) is 5.09. The summed E-state index contributed by atoms with van der Waals surface area (Å²) in [5.41, 5.74) is 0.549. The Bertz CT molecular complexity index is 820. The molecule has 1 rings (SSSR count). The maximum atomic E-state index is 12.8. The lowest BCUT2D eigenvalue weighted by atomic mass is 9.93. The highest BCUT2D eigenvalue weighted by molar-refractivity contribution is 6.67. The molecule has 0 amide bonds. The van der Waals surface area contributed by atoms with Gasteiger partial charge in [-0.3, -0.25) is 4.79 Å². The van der Waals surface area contributed by atoms with Gasteiger partial charge in [-0.2, -0.15) is 0 Å². The van der Waals surface area contributed by atoms with Crippen molar-refractivity contribution in [3.05, 3.63) is 71.3 Å². The summed E-state index contributed by atoms with van der Waals surface area (Å²) in [6, 6.07) is 4.62. The first-order valence-corrected chi connectivity index (χ1v) is 12.8. The van der Waals surface area contributed by atoms with Crippen LogP contribution < -0.4 is 0 Å². The number of ketones is 1. The van der Waals surface area contributed by atoms with Gasteiger partial charge in [-0.1, -0.05) is 103 Å². The summed E-state index contributed by atoms with van der Waals surface area (Å²) in [6.45, 7) is 2.21. The predicted molar refractivity (Wildman–Crippen MR) is 141 cm³/mol. The normalized spacial score (nSPS) is 12.4. The Kier molecular flexibility index (Phi) is 15.2. The highest BCUT2D eigenvalue weighted by atomic mass is 35.6. The number of carboxylic acid groups (broad SMARTS) is 1. The third kappa shape index (κ3) is 13.7. The van der Waals surface area contributed by atoms with Crippen LogP contribution in [0, 0.1) is 0 Å². The van der Waals surface area contributed by atoms with Crippen LogP contribution in [0.2, 0.25) is 0 Å². The maximum absolute atomic E-state index is 12.8. The van der Waals surface area contributed by atoms with Gasteiger partial charge in [0, 0.05) is 18.4 Å². The molecule has 0 atom stereocenters. The van der Waals surface area contributed by atoms with Crippen LogP contribution in [0.5, 0.6) is 0 Å². The van der Waals surface area contributed by atoms with Gasteiger partial charge in [0.05, 0.1) is 5.56 Å². The molecule has 0 saturated heterocycles. The molecule has 0 aliphatic heterocycles. The molecule has 0 aromatic heterocycles. The van der Waals surface area contributed by atoms with Crippen molar-refractivity contribution >= 4 is 46.6 Å². The molecule has 1 aromatic rings. The van der Waals surface area contributed by atoms with Crippen molar-refractivity contribution < 1.29 is 14.7 Å². The molecule has 6 heteroatoms. The molecule has 0 unspecified atom stereocenters. The van der Waals surface area contributed by atoms with E-state index in [0.717, 1.165) is 25.7 Å². The standard InChI is InChI=1S/C27H35Cl3O3/c1-2-3-4-5-6-7-8-9-10-11-12-13-14-15-16-20-24(31)25-22(21-27(28,29)30)18-17-19-23(25)26(32)33/h6-7,9-10,12-13,17-19H,2-5,8,11,14-16,20-21H2,1H3,(H,32,33)/b7-6-,10-9-,13-12-. The van der Waals surface area contributed by atoms with E-state index in [4.69, 9.17) is 34.8 Å². The molecule has 182 valence electrons. The summed E-state index contributed by atoms with van der Waals surface area (Å²) in [5.74, 6) is -1.39. The molecule has 33 heavy (non-hydrogen) atoms. The second-order valence-electron chi connectivity index (χ2n) is 7.99. The number of unbranched alkanes of at least 4 members (excludes halogenated alkanes) is 5. The minimum absolute atomic E-state index is 0.0231. The number of alkyl halides is 3. The van der Waals surface area contributed by atoms with Crippen LogP contribution in [0.25, 0.3) is 0 Å². The second-order valence-corrected chi connectivity index (χ2v) is 10.5. The van der Waals surface area contributed by atoms with Crippen LogP contribution >= 0.6 is 34.8 Å². The van der Waals surface area contributed by atoms with E-state index in [1.807, 2.05) is 0 Å². The van der Waals surface area contributed by atoms with Gasteiger partial charge in [-0.25, -0.2) is 4.79 Å². The zero-order chi connectivity index (χ0) is 24.5. The fraction of sp³-hybridized carbons (Fsp3) is 0.481. The number of allylic oxidation sites excluding steroid dienone is 6. The fourth-order valence-electron chi connectivity index (χ4n) is 3.43. The van der Waals surface area contributed by atoms with Crippen molar-refractivity contribution in [1.29, 1.82) is 0 Å². The molecule has 1 aromatic carbocycles. The van der Waals surface area contributed by atoms with Crippen molar-refractivity contribution in [2.75, 3.05) is 0 Å². The van der Waals surface area contributed by atoms with Crippen LogP contribution in [0.1, 0.15) is 97.4 Å². The van der Waals surface area contributed by atoms with Gasteiger partial charge >= 0.3 is 5.97 Å². The Hall–Kier alpha value is -1.55. The lowest BCUT2D eigenvalue weighted by Crippen LogP contribution is -2.16. The van der Waals surface area contributed by atoms with Crippen LogP contribution in [0.3, 0.4) is 0 Å². The molecule has 0 radical (unpaired) electrons. The largest absolute Gasteiger partial charge is 0.478 e. The van der Waals surface area contributed by atoms with Crippen LogP contribution in [0.4, 0.5) is 0 Å². The zero-order valence-electron chi connectivity index (χ0n) is 19.4. The molecule has 0 aliphatic carbocycles. The van der Waals surface area contributed by atoms with Gasteiger partial charge in [0.1, 0.15) is 0 Å². The number of aromatic carboxylic acids is 1. The lowest BCUT2D eigenvalue weighted by Gasteiger charge is -2.16. The molecule has 0 spiro atoms. The summed E-state index contributed by atoms with van der Waals surface area (Å²) >= 11 is 17.6. The molecule has 0 aliphatic rings. The lowest BCUT2D eigenvalue weighted by molar-refractivity contribution is 0.0691. The van der Waals surface area contributed by atoms with Gasteiger partial charge in [-0.05, 0) is 56.6 Å². The number of hydrogen-bond acceptors (Lipinski definition) is 2. The second kappa shape index (κ2) is 17.0. The average molecular weight is 514 g/mol. The van der Waals surface area contributed by atoms with E-state index < -0.39 is 9.76 Å². The first-order valence-electron chi connectivity index (χ1n) is 11.7. The molecular formula is C27H35Cl3O3. The number of rotatable bonds is 16. The first-order chi connectivity index (χ1) is 15.8. The number of Topliss-reactive ketones (excluding diaryl/α,β-unsaturated/α-hetero) is 1. The van der Waals surface area contributed by atoms with Gasteiger partial charge < -0.3 is 5.11 Å². The summed E-state index contributed by atoms with van der Waals surface area (Å²) in [7, 11) is 0. The first kappa shape index (κ1) is 29.5. The number of halogens is 3. The van der Waals surface area contributed by atoms with Crippen LogP contribution in [-0.2, 0) is 6.42 Å². The zero-order valence-corrected chi connectivity index (χ0v) is 21.6. The van der Waals surface area contributed by atoms with Crippen molar-refractivity contribution in [2.45, 2.75) is 81.3 Å². The van der Waals surface area contributed by atoms with Crippen molar-refractivity contribution in [1.82, 2.24) is 0 Å². The van der Waals surface area contributed by atoms with Gasteiger partial charge in [-0.15, -0.1) is 0 Å². The van der Waals surface area contributed by atoms with Crippen LogP contribution in [0.15, 0.2) is 54.7 Å². The average Bonchev–Trinajstić information content (AvgIpc) is 2.75. The maximum Gasteiger partial charge on any atom is 0.336 e. The minimum Gasteiger partial charge on any atom is -0.478 e. The number of carbonyl (C=O) groups excluding carboxylic acids is 1. The summed E-state index contributed by atoms with van der Waals surface area (Å²) in [6.07, 6.45) is 22.5. The molecular weight excluding hydrogens is 479 g/mol. The minimum atomic E-state index is -1.60. The Labute approximate surface area is 213 Å². The van der Waals surface area contributed by atoms with E-state index in [1.54, 1.807) is 12.1 Å². The SMILES string of the molecule is CCCCC/C=C\C/C=C\C/C=C\CCCCC(=O)c1c(CC(Cl)(Cl)Cl)cccc1C(=O)O. The van der Waals surface area contributed by atoms with Crippen molar-refractivity contribution in [3.63, 3.8) is 0 Å². The Morgan fingerprint density at radius 2 is 1.45 bits per heavy atom. The summed E-state index contributed by atoms with van der Waals surface area (Å²) < 4.78 is -1.60. The van der Waals surface area contributed by atoms with E-state index >= 15 is 0 Å². The van der Waals surface area contributed by atoms with Crippen LogP contribution in [-0.4, -0.2) is 20.7 Å². The molecule has 0 bridgehead atoms. The smallest absolute Gasteiger partial charge is 0.336 e. The highest BCUT2D eigenvalue weighted by Crippen LogP contribution is 2.33. The Morgan fingerprint density at radius 3 is 2.00 bits per heavy atom. The number of benzene rings is 1. The van der Waals surface area contributed by atoms with Crippen molar-refractivity contribution in [2.24, 2.45) is 0 Å². The van der Waals surface area contributed by atoms with Crippen molar-refractivity contribution in [3.8, 4) is 0 Å². The fourth-order valence-corrected chi connectivity index (χ4v) is 3.87. The molecule has 0 fully saturated rings. The predicted octanol–water partition coefficient (Wildman–Crippen LogP) is 9.07. The van der Waals surface area contributed by atoms with E-state index in [1.165, 1.54) is 31.7 Å². The molecule has 1 N–H and O–H groups in total. The molecule has 0 heterocycles. The summed E-state index contributed by atoms with van der Waals surface area (Å²) in [5, 5.41) is 9.47. The topological polar surface area (TPSA) is 54.4 Å². The van der Waals surface area contributed by atoms with E-state index in [-0.39, 0.29) is 29.8 Å².